The van der Waals surface area contributed by atoms with Gasteiger partial charge in [-0.3, -0.25) is 5.32 Å². The van der Waals surface area contributed by atoms with E-state index in [0.29, 0.717) is 0 Å². The molecule has 3 aromatic rings. The molecule has 0 saturated heterocycles. The van der Waals surface area contributed by atoms with Crippen LogP contribution in [-0.4, -0.2) is 12.2 Å². The summed E-state index contributed by atoms with van der Waals surface area (Å²) in [6.07, 6.45) is 1.91. The highest BCUT2D eigenvalue weighted by atomic mass is 79.9. The second-order valence-electron chi connectivity index (χ2n) is 7.11. The SMILES string of the molecule is COc1ccc(Br)cc1C1NC(c2ccc(C)cc2)=CC(c2ccccc2O)N1. The van der Waals surface area contributed by atoms with E-state index in [0.717, 1.165) is 32.6 Å². The minimum Gasteiger partial charge on any atom is -0.508 e. The molecule has 29 heavy (non-hydrogen) atoms. The van der Waals surface area contributed by atoms with Crippen LogP contribution in [0, 0.1) is 6.92 Å². The number of methoxy groups -OCH3 is 1. The molecule has 1 aliphatic rings. The van der Waals surface area contributed by atoms with Crippen molar-refractivity contribution in [1.82, 2.24) is 10.6 Å². The first-order chi connectivity index (χ1) is 14.0. The monoisotopic (exact) mass is 450 g/mol. The van der Waals surface area contributed by atoms with Gasteiger partial charge in [0.25, 0.3) is 0 Å². The van der Waals surface area contributed by atoms with Gasteiger partial charge in [-0.05, 0) is 42.8 Å². The van der Waals surface area contributed by atoms with Crippen LogP contribution in [0.25, 0.3) is 5.70 Å². The van der Waals surface area contributed by atoms with E-state index in [1.165, 1.54) is 5.56 Å². The molecular formula is C24H23BrN2O2. The van der Waals surface area contributed by atoms with Crippen molar-refractivity contribution in [2.24, 2.45) is 0 Å². The lowest BCUT2D eigenvalue weighted by molar-refractivity contribution is 0.379. The maximum atomic E-state index is 10.4. The Labute approximate surface area is 179 Å². The third-order valence-corrected chi connectivity index (χ3v) is 5.61. The molecule has 0 amide bonds. The van der Waals surface area contributed by atoms with Gasteiger partial charge in [0.2, 0.25) is 0 Å². The van der Waals surface area contributed by atoms with E-state index < -0.39 is 0 Å². The first kappa shape index (κ1) is 19.6. The number of hydrogen-bond donors (Lipinski definition) is 3. The van der Waals surface area contributed by atoms with E-state index in [-0.39, 0.29) is 18.0 Å². The summed E-state index contributed by atoms with van der Waals surface area (Å²) in [5, 5.41) is 17.6. The number of phenolic OH excluding ortho intramolecular Hbond substituents is 1. The van der Waals surface area contributed by atoms with E-state index in [1.54, 1.807) is 13.2 Å². The zero-order valence-electron chi connectivity index (χ0n) is 16.3. The van der Waals surface area contributed by atoms with Crippen LogP contribution in [0.1, 0.15) is 34.5 Å². The third kappa shape index (κ3) is 4.16. The quantitative estimate of drug-likeness (QED) is 0.494. The summed E-state index contributed by atoms with van der Waals surface area (Å²) in [7, 11) is 1.67. The molecule has 0 bridgehead atoms. The maximum absolute atomic E-state index is 10.4. The van der Waals surface area contributed by atoms with Crippen LogP contribution in [0.5, 0.6) is 11.5 Å². The molecule has 5 heteroatoms. The number of para-hydroxylation sites is 1. The van der Waals surface area contributed by atoms with Gasteiger partial charge in [-0.25, -0.2) is 0 Å². The Kier molecular flexibility index (Phi) is 5.60. The van der Waals surface area contributed by atoms with Gasteiger partial charge in [-0.2, -0.15) is 0 Å². The maximum Gasteiger partial charge on any atom is 0.125 e. The van der Waals surface area contributed by atoms with Crippen LogP contribution in [-0.2, 0) is 0 Å². The predicted octanol–water partition coefficient (Wildman–Crippen LogP) is 5.45. The average Bonchev–Trinajstić information content (AvgIpc) is 2.74. The van der Waals surface area contributed by atoms with E-state index in [9.17, 15) is 5.11 Å². The van der Waals surface area contributed by atoms with Crippen molar-refractivity contribution in [3.63, 3.8) is 0 Å². The van der Waals surface area contributed by atoms with Crippen LogP contribution < -0.4 is 15.4 Å². The zero-order chi connectivity index (χ0) is 20.4. The molecule has 0 aromatic heterocycles. The van der Waals surface area contributed by atoms with Crippen LogP contribution >= 0.6 is 15.9 Å². The molecule has 3 N–H and O–H groups in total. The lowest BCUT2D eigenvalue weighted by Crippen LogP contribution is -2.39. The number of aromatic hydroxyl groups is 1. The van der Waals surface area contributed by atoms with Gasteiger partial charge in [0, 0.05) is 21.3 Å². The lowest BCUT2D eigenvalue weighted by atomic mass is 9.97. The summed E-state index contributed by atoms with van der Waals surface area (Å²) in [6, 6.07) is 21.6. The van der Waals surface area contributed by atoms with E-state index in [4.69, 9.17) is 4.74 Å². The number of hydrogen-bond acceptors (Lipinski definition) is 4. The molecule has 0 spiro atoms. The van der Waals surface area contributed by atoms with Crippen LogP contribution in [0.4, 0.5) is 0 Å². The fourth-order valence-electron chi connectivity index (χ4n) is 3.58. The average molecular weight is 451 g/mol. The Morgan fingerprint density at radius 1 is 0.966 bits per heavy atom. The Hall–Kier alpha value is -2.76. The van der Waals surface area contributed by atoms with Crippen LogP contribution in [0.3, 0.4) is 0 Å². The summed E-state index contributed by atoms with van der Waals surface area (Å²) >= 11 is 3.57. The lowest BCUT2D eigenvalue weighted by Gasteiger charge is -2.34. The van der Waals surface area contributed by atoms with Gasteiger partial charge < -0.3 is 15.2 Å². The first-order valence-electron chi connectivity index (χ1n) is 9.48. The number of nitrogens with one attached hydrogen (secondary N) is 2. The number of aryl methyl sites for hydroxylation is 1. The molecule has 0 radical (unpaired) electrons. The summed E-state index contributed by atoms with van der Waals surface area (Å²) in [4.78, 5) is 0. The minimum atomic E-state index is -0.201. The molecule has 2 unspecified atom stereocenters. The largest absolute Gasteiger partial charge is 0.508 e. The standard InChI is InChI=1S/C24H23BrN2O2/c1-15-7-9-16(10-8-15)20-14-21(18-5-3-4-6-22(18)28)27-24(26-20)19-13-17(25)11-12-23(19)29-2/h3-14,21,24,26-28H,1-2H3. The van der Waals surface area contributed by atoms with Gasteiger partial charge in [-0.15, -0.1) is 0 Å². The Balaban J connectivity index is 1.79. The van der Waals surface area contributed by atoms with E-state index in [1.807, 2.05) is 36.4 Å². The highest BCUT2D eigenvalue weighted by Crippen LogP contribution is 2.36. The number of phenols is 1. The van der Waals surface area contributed by atoms with Crippen molar-refractivity contribution in [3.8, 4) is 11.5 Å². The fourth-order valence-corrected chi connectivity index (χ4v) is 3.96. The topological polar surface area (TPSA) is 53.5 Å². The van der Waals surface area contributed by atoms with Crippen molar-refractivity contribution in [3.05, 3.63) is 99.5 Å². The Bertz CT molecular complexity index is 1050. The minimum absolute atomic E-state index is 0.164. The summed E-state index contributed by atoms with van der Waals surface area (Å²) < 4.78 is 6.58. The van der Waals surface area contributed by atoms with Crippen LogP contribution in [0.15, 0.2) is 77.3 Å². The molecule has 2 atom stereocenters. The highest BCUT2D eigenvalue weighted by molar-refractivity contribution is 9.10. The second kappa shape index (κ2) is 8.31. The molecule has 1 heterocycles. The van der Waals surface area contributed by atoms with Crippen molar-refractivity contribution < 1.29 is 9.84 Å². The molecule has 1 aliphatic heterocycles. The summed E-state index contributed by atoms with van der Waals surface area (Å²) in [6.45, 7) is 2.08. The van der Waals surface area contributed by atoms with Crippen molar-refractivity contribution in [2.75, 3.05) is 7.11 Å². The second-order valence-corrected chi connectivity index (χ2v) is 8.03. The van der Waals surface area contributed by atoms with Gasteiger partial charge in [0.1, 0.15) is 17.7 Å². The smallest absolute Gasteiger partial charge is 0.125 e. The predicted molar refractivity (Wildman–Crippen MR) is 120 cm³/mol. The number of halogens is 1. The molecule has 0 saturated carbocycles. The summed E-state index contributed by atoms with van der Waals surface area (Å²) in [5.41, 5.74) is 5.13. The molecule has 0 fully saturated rings. The Morgan fingerprint density at radius 3 is 2.45 bits per heavy atom. The van der Waals surface area contributed by atoms with Gasteiger partial charge in [-0.1, -0.05) is 64.0 Å². The molecule has 3 aromatic carbocycles. The van der Waals surface area contributed by atoms with Crippen LogP contribution in [0.2, 0.25) is 0 Å². The van der Waals surface area contributed by atoms with Gasteiger partial charge >= 0.3 is 0 Å². The number of rotatable bonds is 4. The zero-order valence-corrected chi connectivity index (χ0v) is 17.9. The van der Waals surface area contributed by atoms with Crippen molar-refractivity contribution in [1.29, 1.82) is 0 Å². The summed E-state index contributed by atoms with van der Waals surface area (Å²) in [5.74, 6) is 1.06. The highest BCUT2D eigenvalue weighted by Gasteiger charge is 2.27. The molecule has 4 rings (SSSR count). The van der Waals surface area contributed by atoms with Crippen molar-refractivity contribution >= 4 is 21.6 Å². The van der Waals surface area contributed by atoms with E-state index >= 15 is 0 Å². The molecule has 0 aliphatic carbocycles. The van der Waals surface area contributed by atoms with Gasteiger partial charge in [0.05, 0.1) is 13.2 Å². The molecule has 148 valence electrons. The number of ether oxygens (including phenoxy) is 1. The third-order valence-electron chi connectivity index (χ3n) is 5.12. The van der Waals surface area contributed by atoms with Crippen molar-refractivity contribution in [2.45, 2.75) is 19.1 Å². The molecular weight excluding hydrogens is 428 g/mol. The van der Waals surface area contributed by atoms with E-state index in [2.05, 4.69) is 63.8 Å². The number of benzene rings is 3. The normalized spacial score (nSPS) is 18.7. The fraction of sp³-hybridized carbons (Fsp3) is 0.167. The Morgan fingerprint density at radius 2 is 1.72 bits per heavy atom. The molecule has 4 nitrogen and oxygen atoms in total. The first-order valence-corrected chi connectivity index (χ1v) is 10.3. The van der Waals surface area contributed by atoms with Gasteiger partial charge in [0.15, 0.2) is 0 Å².